The monoisotopic (exact) mass is 222 g/mol. The maximum atomic E-state index is 9.63. The Morgan fingerprint density at radius 1 is 1.50 bits per heavy atom. The number of hydrogen-bond acceptors (Lipinski definition) is 4. The number of aromatic nitrogens is 1. The fraction of sp³-hybridized carbons (Fsp3) is 0.583. The fourth-order valence-electron chi connectivity index (χ4n) is 1.94. The highest BCUT2D eigenvalue weighted by molar-refractivity contribution is 5.44. The summed E-state index contributed by atoms with van der Waals surface area (Å²) in [5.41, 5.74) is 0.894. The second-order valence-corrected chi connectivity index (χ2v) is 4.86. The van der Waals surface area contributed by atoms with E-state index in [1.165, 1.54) is 0 Å². The summed E-state index contributed by atoms with van der Waals surface area (Å²) in [7, 11) is 1.60. The molecule has 0 spiro atoms. The van der Waals surface area contributed by atoms with Crippen molar-refractivity contribution >= 4 is 5.69 Å². The summed E-state index contributed by atoms with van der Waals surface area (Å²) in [4.78, 5) is 4.13. The number of anilines is 1. The normalized spacial score (nSPS) is 27.0. The minimum Gasteiger partial charge on any atom is -0.481 e. The van der Waals surface area contributed by atoms with Gasteiger partial charge in [0.15, 0.2) is 0 Å². The molecule has 4 heteroatoms. The lowest BCUT2D eigenvalue weighted by molar-refractivity contribution is -0.0510. The lowest BCUT2D eigenvalue weighted by Gasteiger charge is -2.49. The Kier molecular flexibility index (Phi) is 2.76. The van der Waals surface area contributed by atoms with Crippen LogP contribution in [0.4, 0.5) is 5.69 Å². The SMILES string of the molecule is COc1ccc(NC2CC(O)C2(C)C)cn1. The Morgan fingerprint density at radius 3 is 2.69 bits per heavy atom. The van der Waals surface area contributed by atoms with Crippen molar-refractivity contribution in [2.45, 2.75) is 32.4 Å². The first-order valence-electron chi connectivity index (χ1n) is 5.48. The van der Waals surface area contributed by atoms with Gasteiger partial charge in [0.1, 0.15) is 0 Å². The smallest absolute Gasteiger partial charge is 0.213 e. The van der Waals surface area contributed by atoms with Gasteiger partial charge >= 0.3 is 0 Å². The van der Waals surface area contributed by atoms with E-state index in [4.69, 9.17) is 4.74 Å². The van der Waals surface area contributed by atoms with Crippen molar-refractivity contribution < 1.29 is 9.84 Å². The molecule has 1 heterocycles. The van der Waals surface area contributed by atoms with Crippen molar-refractivity contribution in [3.8, 4) is 5.88 Å². The molecule has 88 valence electrons. The number of aliphatic hydroxyl groups excluding tert-OH is 1. The number of aliphatic hydroxyl groups is 1. The Balaban J connectivity index is 2.00. The van der Waals surface area contributed by atoms with Crippen LogP contribution < -0.4 is 10.1 Å². The third-order valence-corrected chi connectivity index (χ3v) is 3.50. The van der Waals surface area contributed by atoms with E-state index in [1.807, 2.05) is 12.1 Å². The molecular weight excluding hydrogens is 204 g/mol. The van der Waals surface area contributed by atoms with Gasteiger partial charge < -0.3 is 15.2 Å². The Morgan fingerprint density at radius 2 is 2.25 bits per heavy atom. The van der Waals surface area contributed by atoms with Crippen LogP contribution in [-0.4, -0.2) is 29.3 Å². The molecule has 1 aromatic heterocycles. The van der Waals surface area contributed by atoms with Crippen LogP contribution in [0, 0.1) is 5.41 Å². The second kappa shape index (κ2) is 3.94. The van der Waals surface area contributed by atoms with Gasteiger partial charge in [-0.2, -0.15) is 0 Å². The molecule has 1 saturated carbocycles. The van der Waals surface area contributed by atoms with Crippen LogP contribution >= 0.6 is 0 Å². The van der Waals surface area contributed by atoms with Gasteiger partial charge in [0, 0.05) is 17.5 Å². The van der Waals surface area contributed by atoms with Gasteiger partial charge in [-0.3, -0.25) is 0 Å². The van der Waals surface area contributed by atoms with Crippen molar-refractivity contribution in [1.29, 1.82) is 0 Å². The molecule has 1 aliphatic carbocycles. The number of nitrogens with zero attached hydrogens (tertiary/aromatic N) is 1. The minimum atomic E-state index is -0.212. The number of pyridine rings is 1. The van der Waals surface area contributed by atoms with Crippen molar-refractivity contribution in [1.82, 2.24) is 4.98 Å². The van der Waals surface area contributed by atoms with E-state index < -0.39 is 0 Å². The molecule has 1 aromatic rings. The number of methoxy groups -OCH3 is 1. The highest BCUT2D eigenvalue weighted by Crippen LogP contribution is 2.42. The number of rotatable bonds is 3. The lowest BCUT2D eigenvalue weighted by Crippen LogP contribution is -2.56. The van der Waals surface area contributed by atoms with Crippen molar-refractivity contribution in [2.24, 2.45) is 5.41 Å². The number of ether oxygens (including phenoxy) is 1. The van der Waals surface area contributed by atoms with Crippen molar-refractivity contribution in [3.63, 3.8) is 0 Å². The summed E-state index contributed by atoms with van der Waals surface area (Å²) in [5, 5.41) is 13.0. The quantitative estimate of drug-likeness (QED) is 0.816. The summed E-state index contributed by atoms with van der Waals surface area (Å²) < 4.78 is 4.99. The van der Waals surface area contributed by atoms with Crippen molar-refractivity contribution in [2.75, 3.05) is 12.4 Å². The van der Waals surface area contributed by atoms with E-state index in [0.29, 0.717) is 11.9 Å². The third kappa shape index (κ3) is 1.85. The van der Waals surface area contributed by atoms with Gasteiger partial charge in [-0.1, -0.05) is 13.8 Å². The first-order valence-corrected chi connectivity index (χ1v) is 5.48. The molecule has 0 saturated heterocycles. The standard InChI is InChI=1S/C12H18N2O2/c1-12(2)9(6-10(12)15)14-8-4-5-11(16-3)13-7-8/h4-5,7,9-10,14-15H,6H2,1-3H3. The molecule has 0 radical (unpaired) electrons. The average molecular weight is 222 g/mol. The molecule has 4 nitrogen and oxygen atoms in total. The van der Waals surface area contributed by atoms with E-state index in [0.717, 1.165) is 12.1 Å². The molecule has 1 aliphatic rings. The minimum absolute atomic E-state index is 0.0695. The Bertz CT molecular complexity index is 362. The zero-order valence-corrected chi connectivity index (χ0v) is 9.90. The first kappa shape index (κ1) is 11.2. The van der Waals surface area contributed by atoms with Gasteiger partial charge in [-0.05, 0) is 12.5 Å². The summed E-state index contributed by atoms with van der Waals surface area (Å²) in [6.07, 6.45) is 2.33. The fourth-order valence-corrected chi connectivity index (χ4v) is 1.94. The Hall–Kier alpha value is -1.29. The molecule has 0 aliphatic heterocycles. The van der Waals surface area contributed by atoms with E-state index in [-0.39, 0.29) is 11.5 Å². The Labute approximate surface area is 95.7 Å². The predicted octanol–water partition coefficient (Wildman–Crippen LogP) is 1.66. The molecule has 1 fully saturated rings. The van der Waals surface area contributed by atoms with Crippen LogP contribution in [0.5, 0.6) is 5.88 Å². The van der Waals surface area contributed by atoms with Crippen LogP contribution in [0.2, 0.25) is 0 Å². The van der Waals surface area contributed by atoms with E-state index in [1.54, 1.807) is 13.3 Å². The van der Waals surface area contributed by atoms with Gasteiger partial charge in [-0.15, -0.1) is 0 Å². The van der Waals surface area contributed by atoms with Crippen molar-refractivity contribution in [3.05, 3.63) is 18.3 Å². The molecular formula is C12H18N2O2. The molecule has 0 aromatic carbocycles. The number of nitrogens with one attached hydrogen (secondary N) is 1. The molecule has 16 heavy (non-hydrogen) atoms. The van der Waals surface area contributed by atoms with E-state index in [2.05, 4.69) is 24.1 Å². The lowest BCUT2D eigenvalue weighted by atomic mass is 9.64. The van der Waals surface area contributed by atoms with Crippen LogP contribution in [0.15, 0.2) is 18.3 Å². The predicted molar refractivity (Wildman–Crippen MR) is 62.6 cm³/mol. The summed E-state index contributed by atoms with van der Waals surface area (Å²) in [6.45, 7) is 4.13. The average Bonchev–Trinajstić information content (AvgIpc) is 2.29. The van der Waals surface area contributed by atoms with Crippen LogP contribution in [0.25, 0.3) is 0 Å². The van der Waals surface area contributed by atoms with E-state index in [9.17, 15) is 5.11 Å². The molecule has 0 bridgehead atoms. The molecule has 2 rings (SSSR count). The highest BCUT2D eigenvalue weighted by atomic mass is 16.5. The number of hydrogen-bond donors (Lipinski definition) is 2. The summed E-state index contributed by atoms with van der Waals surface area (Å²) >= 11 is 0. The van der Waals surface area contributed by atoms with Crippen LogP contribution in [-0.2, 0) is 0 Å². The molecule has 2 atom stereocenters. The zero-order valence-electron chi connectivity index (χ0n) is 9.90. The van der Waals surface area contributed by atoms with Crippen LogP contribution in [0.1, 0.15) is 20.3 Å². The van der Waals surface area contributed by atoms with E-state index >= 15 is 0 Å². The van der Waals surface area contributed by atoms with Crippen LogP contribution in [0.3, 0.4) is 0 Å². The third-order valence-electron chi connectivity index (χ3n) is 3.50. The maximum absolute atomic E-state index is 9.63. The largest absolute Gasteiger partial charge is 0.481 e. The summed E-state index contributed by atoms with van der Waals surface area (Å²) in [6, 6.07) is 4.06. The molecule has 2 N–H and O–H groups in total. The van der Waals surface area contributed by atoms with Gasteiger partial charge in [-0.25, -0.2) is 4.98 Å². The van der Waals surface area contributed by atoms with Gasteiger partial charge in [0.25, 0.3) is 0 Å². The maximum Gasteiger partial charge on any atom is 0.213 e. The van der Waals surface area contributed by atoms with Gasteiger partial charge in [0.05, 0.1) is 25.1 Å². The molecule has 2 unspecified atom stereocenters. The summed E-state index contributed by atoms with van der Waals surface area (Å²) in [5.74, 6) is 0.610. The highest BCUT2D eigenvalue weighted by Gasteiger charge is 2.47. The first-order chi connectivity index (χ1) is 7.54. The topological polar surface area (TPSA) is 54.4 Å². The molecule has 0 amide bonds. The zero-order chi connectivity index (χ0) is 11.8. The second-order valence-electron chi connectivity index (χ2n) is 4.86. The van der Waals surface area contributed by atoms with Gasteiger partial charge in [0.2, 0.25) is 5.88 Å².